The number of benzene rings is 2. The van der Waals surface area contributed by atoms with Crippen molar-refractivity contribution in [3.63, 3.8) is 0 Å². The zero-order valence-corrected chi connectivity index (χ0v) is 13.8. The number of methoxy groups -OCH3 is 1. The number of ether oxygens (including phenoxy) is 2. The van der Waals surface area contributed by atoms with Crippen LogP contribution in [-0.2, 0) is 0 Å². The Balaban J connectivity index is 2.38. The summed E-state index contributed by atoms with van der Waals surface area (Å²) in [7, 11) is 1.13. The molecule has 9 nitrogen and oxygen atoms in total. The van der Waals surface area contributed by atoms with Crippen molar-refractivity contribution in [2.75, 3.05) is 12.4 Å². The fraction of sp³-hybridized carbons (Fsp3) is 0.125. The van der Waals surface area contributed by atoms with Gasteiger partial charge in [-0.15, -0.1) is 0 Å². The van der Waals surface area contributed by atoms with Crippen LogP contribution in [0.15, 0.2) is 36.4 Å². The van der Waals surface area contributed by atoms with Gasteiger partial charge in [-0.25, -0.2) is 0 Å². The van der Waals surface area contributed by atoms with Gasteiger partial charge in [-0.1, -0.05) is 0 Å². The third-order valence-electron chi connectivity index (χ3n) is 3.37. The Hall–Kier alpha value is -3.76. The zero-order valence-electron chi connectivity index (χ0n) is 13.8. The molecule has 11 heteroatoms. The van der Waals surface area contributed by atoms with E-state index in [1.54, 1.807) is 0 Å². The number of nitrogens with zero attached hydrogens (tertiary/aromatic N) is 1. The molecular weight excluding hydrogens is 368 g/mol. The highest BCUT2D eigenvalue weighted by Gasteiger charge is 2.26. The van der Waals surface area contributed by atoms with Gasteiger partial charge in [0.1, 0.15) is 5.56 Å². The average molecular weight is 381 g/mol. The van der Waals surface area contributed by atoms with Gasteiger partial charge in [-0.2, -0.15) is 8.78 Å². The highest BCUT2D eigenvalue weighted by atomic mass is 19.3. The lowest BCUT2D eigenvalue weighted by atomic mass is 10.1. The summed E-state index contributed by atoms with van der Waals surface area (Å²) in [5.41, 5.74) is 4.36. The van der Waals surface area contributed by atoms with E-state index in [1.807, 2.05) is 0 Å². The van der Waals surface area contributed by atoms with Crippen LogP contribution in [0, 0.1) is 10.1 Å². The monoisotopic (exact) mass is 381 g/mol. The molecule has 0 radical (unpaired) electrons. The quantitative estimate of drug-likeness (QED) is 0.559. The van der Waals surface area contributed by atoms with Gasteiger partial charge >= 0.3 is 6.61 Å². The molecule has 0 saturated carbocycles. The molecule has 142 valence electrons. The molecule has 2 aromatic carbocycles. The number of rotatable bonds is 7. The van der Waals surface area contributed by atoms with Crippen LogP contribution < -0.4 is 20.5 Å². The van der Waals surface area contributed by atoms with Crippen LogP contribution in [0.25, 0.3) is 0 Å². The Morgan fingerprint density at radius 2 is 1.81 bits per heavy atom. The molecule has 0 fully saturated rings. The predicted octanol–water partition coefficient (Wildman–Crippen LogP) is 2.56. The fourth-order valence-electron chi connectivity index (χ4n) is 2.15. The Bertz CT molecular complexity index is 886. The van der Waals surface area contributed by atoms with Crippen LogP contribution in [0.4, 0.5) is 20.2 Å². The minimum Gasteiger partial charge on any atom is -0.493 e. The number of primary amides is 1. The lowest BCUT2D eigenvalue weighted by Crippen LogP contribution is -2.15. The van der Waals surface area contributed by atoms with E-state index < -0.39 is 40.3 Å². The largest absolute Gasteiger partial charge is 0.493 e. The smallest absolute Gasteiger partial charge is 0.387 e. The van der Waals surface area contributed by atoms with E-state index in [2.05, 4.69) is 10.1 Å². The minimum absolute atomic E-state index is 0.203. The molecule has 0 aliphatic rings. The SMILES string of the molecule is COc1cc(C(=O)Nc2ccc(C(N)=O)cc2)c([N+](=O)[O-])cc1OC(F)F. The van der Waals surface area contributed by atoms with E-state index in [4.69, 9.17) is 10.5 Å². The van der Waals surface area contributed by atoms with E-state index in [-0.39, 0.29) is 17.0 Å². The van der Waals surface area contributed by atoms with Crippen LogP contribution in [0.1, 0.15) is 20.7 Å². The van der Waals surface area contributed by atoms with E-state index in [0.29, 0.717) is 6.07 Å². The maximum absolute atomic E-state index is 12.4. The molecule has 3 N–H and O–H groups in total. The molecule has 0 spiro atoms. The number of nitro benzene ring substituents is 1. The molecule has 0 aliphatic carbocycles. The van der Waals surface area contributed by atoms with Gasteiger partial charge in [0.2, 0.25) is 5.91 Å². The Morgan fingerprint density at radius 3 is 2.30 bits per heavy atom. The van der Waals surface area contributed by atoms with Gasteiger partial charge in [0.25, 0.3) is 11.6 Å². The summed E-state index contributed by atoms with van der Waals surface area (Å²) in [5.74, 6) is -2.42. The number of carbonyl (C=O) groups excluding carboxylic acids is 2. The highest BCUT2D eigenvalue weighted by molar-refractivity contribution is 6.07. The number of anilines is 1. The van der Waals surface area contributed by atoms with E-state index in [0.717, 1.165) is 13.2 Å². The summed E-state index contributed by atoms with van der Waals surface area (Å²) in [5, 5.41) is 13.6. The molecule has 0 aromatic heterocycles. The predicted molar refractivity (Wildman–Crippen MR) is 89.2 cm³/mol. The van der Waals surface area contributed by atoms with E-state index >= 15 is 0 Å². The molecule has 0 bridgehead atoms. The molecule has 0 heterocycles. The van der Waals surface area contributed by atoms with Gasteiger partial charge in [0, 0.05) is 17.3 Å². The van der Waals surface area contributed by atoms with Gasteiger partial charge in [0.15, 0.2) is 11.5 Å². The molecule has 0 aliphatic heterocycles. The van der Waals surface area contributed by atoms with E-state index in [9.17, 15) is 28.5 Å². The Morgan fingerprint density at radius 1 is 1.19 bits per heavy atom. The highest BCUT2D eigenvalue weighted by Crippen LogP contribution is 2.36. The average Bonchev–Trinajstić information content (AvgIpc) is 2.61. The molecule has 2 amide bonds. The van der Waals surface area contributed by atoms with Gasteiger partial charge in [0.05, 0.1) is 18.1 Å². The summed E-state index contributed by atoms with van der Waals surface area (Å²) in [6.07, 6.45) is 0. The second kappa shape index (κ2) is 8.08. The standard InChI is InChI=1S/C16H13F2N3O6/c1-26-12-6-10(11(21(24)25)7-13(12)27-16(17)18)15(23)20-9-4-2-8(3-5-9)14(19)22/h2-7,16H,1H3,(H2,19,22)(H,20,23). The summed E-state index contributed by atoms with van der Waals surface area (Å²) < 4.78 is 33.9. The number of nitrogens with one attached hydrogen (secondary N) is 1. The summed E-state index contributed by atoms with van der Waals surface area (Å²) >= 11 is 0. The Labute approximate surface area is 150 Å². The molecule has 0 unspecified atom stereocenters. The number of halogens is 2. The normalized spacial score (nSPS) is 10.4. The lowest BCUT2D eigenvalue weighted by molar-refractivity contribution is -0.385. The van der Waals surface area contributed by atoms with Gasteiger partial charge in [-0.3, -0.25) is 19.7 Å². The lowest BCUT2D eigenvalue weighted by Gasteiger charge is -2.12. The van der Waals surface area contributed by atoms with Crippen LogP contribution in [-0.4, -0.2) is 30.5 Å². The van der Waals surface area contributed by atoms with Gasteiger partial charge in [-0.05, 0) is 24.3 Å². The molecule has 0 atom stereocenters. The fourth-order valence-corrected chi connectivity index (χ4v) is 2.15. The minimum atomic E-state index is -3.23. The maximum Gasteiger partial charge on any atom is 0.387 e. The Kier molecular flexibility index (Phi) is 5.85. The third kappa shape index (κ3) is 4.66. The second-order valence-corrected chi connectivity index (χ2v) is 5.05. The molecular formula is C16H13F2N3O6. The summed E-state index contributed by atoms with van der Waals surface area (Å²) in [6.45, 7) is -3.23. The van der Waals surface area contributed by atoms with Crippen molar-refractivity contribution < 1.29 is 32.8 Å². The van der Waals surface area contributed by atoms with Crippen molar-refractivity contribution in [1.29, 1.82) is 0 Å². The van der Waals surface area contributed by atoms with E-state index in [1.165, 1.54) is 24.3 Å². The van der Waals surface area contributed by atoms with Crippen LogP contribution in [0.2, 0.25) is 0 Å². The number of hydrogen-bond acceptors (Lipinski definition) is 6. The molecule has 2 aromatic rings. The topological polar surface area (TPSA) is 134 Å². The van der Waals surface area contributed by atoms with Crippen LogP contribution in [0.3, 0.4) is 0 Å². The summed E-state index contributed by atoms with van der Waals surface area (Å²) in [4.78, 5) is 33.8. The number of alkyl halides is 2. The van der Waals surface area contributed by atoms with Crippen molar-refractivity contribution in [3.05, 3.63) is 57.6 Å². The second-order valence-electron chi connectivity index (χ2n) is 5.05. The number of carbonyl (C=O) groups is 2. The first-order valence-corrected chi connectivity index (χ1v) is 7.25. The molecule has 0 saturated heterocycles. The number of amides is 2. The maximum atomic E-state index is 12.4. The first kappa shape index (κ1) is 19.6. The zero-order chi connectivity index (χ0) is 20.1. The van der Waals surface area contributed by atoms with Crippen molar-refractivity contribution in [2.24, 2.45) is 5.73 Å². The third-order valence-corrected chi connectivity index (χ3v) is 3.37. The number of nitro groups is 1. The number of hydrogen-bond donors (Lipinski definition) is 2. The van der Waals surface area contributed by atoms with Crippen LogP contribution >= 0.6 is 0 Å². The molecule has 27 heavy (non-hydrogen) atoms. The number of nitrogens with two attached hydrogens (primary N) is 1. The van der Waals surface area contributed by atoms with Crippen molar-refractivity contribution >= 4 is 23.2 Å². The van der Waals surface area contributed by atoms with Gasteiger partial charge < -0.3 is 20.5 Å². The van der Waals surface area contributed by atoms with Crippen molar-refractivity contribution in [1.82, 2.24) is 0 Å². The van der Waals surface area contributed by atoms with Crippen molar-refractivity contribution in [3.8, 4) is 11.5 Å². The first-order chi connectivity index (χ1) is 12.7. The van der Waals surface area contributed by atoms with Crippen LogP contribution in [0.5, 0.6) is 11.5 Å². The summed E-state index contributed by atoms with van der Waals surface area (Å²) in [6, 6.07) is 7.04. The molecule has 2 rings (SSSR count). The van der Waals surface area contributed by atoms with Crippen molar-refractivity contribution in [2.45, 2.75) is 6.61 Å². The first-order valence-electron chi connectivity index (χ1n) is 7.25.